The third-order valence-electron chi connectivity index (χ3n) is 4.28. The van der Waals surface area contributed by atoms with Crippen molar-refractivity contribution in [2.24, 2.45) is 0 Å². The van der Waals surface area contributed by atoms with E-state index < -0.39 is 0 Å². The molecule has 0 saturated carbocycles. The molecule has 0 radical (unpaired) electrons. The fourth-order valence-electron chi connectivity index (χ4n) is 2.96. The summed E-state index contributed by atoms with van der Waals surface area (Å²) >= 11 is 1.46. The van der Waals surface area contributed by atoms with E-state index in [2.05, 4.69) is 31.2 Å². The lowest BCUT2D eigenvalue weighted by atomic mass is 10.1. The van der Waals surface area contributed by atoms with Crippen LogP contribution >= 0.6 is 11.3 Å². The summed E-state index contributed by atoms with van der Waals surface area (Å²) in [5.41, 5.74) is 3.29. The van der Waals surface area contributed by atoms with Crippen LogP contribution in [0.15, 0.2) is 60.7 Å². The topological polar surface area (TPSA) is 33.2 Å². The number of aromatic nitrogens is 1. The third-order valence-corrected chi connectivity index (χ3v) is 5.31. The molecule has 2 aromatic heterocycles. The van der Waals surface area contributed by atoms with E-state index in [0.29, 0.717) is 6.54 Å². The molecule has 3 nitrogen and oxygen atoms in total. The van der Waals surface area contributed by atoms with E-state index in [1.165, 1.54) is 16.9 Å². The molecule has 0 fully saturated rings. The van der Waals surface area contributed by atoms with Crippen LogP contribution in [0, 0.1) is 6.92 Å². The van der Waals surface area contributed by atoms with Crippen LogP contribution in [0.1, 0.15) is 20.8 Å². The number of nitrogens with zero attached hydrogens (tertiary/aromatic N) is 2. The number of carbonyl (C=O) groups is 1. The molecular formula is C21H18N2OS. The van der Waals surface area contributed by atoms with Gasteiger partial charge in [-0.3, -0.25) is 4.79 Å². The molecule has 1 amide bonds. The second-order valence-electron chi connectivity index (χ2n) is 6.34. The first-order valence-corrected chi connectivity index (χ1v) is 9.02. The minimum Gasteiger partial charge on any atom is -0.337 e. The van der Waals surface area contributed by atoms with Crippen molar-refractivity contribution in [2.75, 3.05) is 7.05 Å². The minimum absolute atomic E-state index is 0.0343. The van der Waals surface area contributed by atoms with Crippen LogP contribution in [-0.4, -0.2) is 22.8 Å². The van der Waals surface area contributed by atoms with Crippen LogP contribution in [0.5, 0.6) is 0 Å². The van der Waals surface area contributed by atoms with Crippen molar-refractivity contribution in [1.82, 2.24) is 9.88 Å². The van der Waals surface area contributed by atoms with Gasteiger partial charge >= 0.3 is 0 Å². The quantitative estimate of drug-likeness (QED) is 0.521. The molecule has 0 bridgehead atoms. The molecular weight excluding hydrogens is 328 g/mol. The van der Waals surface area contributed by atoms with Crippen LogP contribution in [0.25, 0.3) is 21.1 Å². The second kappa shape index (κ2) is 6.30. The maximum atomic E-state index is 12.8. The van der Waals surface area contributed by atoms with Gasteiger partial charge in [0, 0.05) is 24.4 Å². The third kappa shape index (κ3) is 3.13. The van der Waals surface area contributed by atoms with E-state index in [1.54, 1.807) is 4.90 Å². The SMILES string of the molecule is Cc1ccc2cc3cc(C(=O)N(C)Cc4ccccc4)sc3nc2c1. The number of pyridine rings is 1. The highest BCUT2D eigenvalue weighted by atomic mass is 32.1. The summed E-state index contributed by atoms with van der Waals surface area (Å²) in [5, 5.41) is 2.13. The molecule has 4 aromatic rings. The predicted molar refractivity (Wildman–Crippen MR) is 104 cm³/mol. The van der Waals surface area contributed by atoms with Gasteiger partial charge < -0.3 is 4.90 Å². The number of hydrogen-bond donors (Lipinski definition) is 0. The number of amides is 1. The molecule has 0 unspecified atom stereocenters. The molecule has 25 heavy (non-hydrogen) atoms. The smallest absolute Gasteiger partial charge is 0.264 e. The molecule has 4 heteroatoms. The normalized spacial score (nSPS) is 11.1. The zero-order chi connectivity index (χ0) is 17.4. The Labute approximate surface area is 150 Å². The van der Waals surface area contributed by atoms with Crippen LogP contribution in [0.2, 0.25) is 0 Å². The summed E-state index contributed by atoms with van der Waals surface area (Å²) in [7, 11) is 1.84. The van der Waals surface area contributed by atoms with E-state index in [0.717, 1.165) is 31.6 Å². The van der Waals surface area contributed by atoms with Gasteiger partial charge in [0.25, 0.3) is 5.91 Å². The van der Waals surface area contributed by atoms with Gasteiger partial charge in [-0.05, 0) is 36.2 Å². The molecule has 0 aliphatic heterocycles. The Morgan fingerprint density at radius 3 is 2.64 bits per heavy atom. The van der Waals surface area contributed by atoms with Gasteiger partial charge in [0.1, 0.15) is 4.83 Å². The molecule has 2 aromatic carbocycles. The van der Waals surface area contributed by atoms with Crippen LogP contribution in [0.3, 0.4) is 0 Å². The van der Waals surface area contributed by atoms with Gasteiger partial charge in [0.05, 0.1) is 10.4 Å². The number of benzene rings is 2. The highest BCUT2D eigenvalue weighted by molar-refractivity contribution is 7.20. The zero-order valence-electron chi connectivity index (χ0n) is 14.2. The first-order valence-electron chi connectivity index (χ1n) is 8.20. The lowest BCUT2D eigenvalue weighted by Gasteiger charge is -2.16. The Balaban J connectivity index is 1.66. The standard InChI is InChI=1S/C21H18N2OS/c1-14-8-9-16-11-17-12-19(25-20(17)22-18(16)10-14)21(24)23(2)13-15-6-4-3-5-7-15/h3-12H,13H2,1-2H3. The Hall–Kier alpha value is -2.72. The Morgan fingerprint density at radius 1 is 1.04 bits per heavy atom. The van der Waals surface area contributed by atoms with Crippen molar-refractivity contribution >= 4 is 38.4 Å². The highest BCUT2D eigenvalue weighted by Crippen LogP contribution is 2.28. The van der Waals surface area contributed by atoms with E-state index in [1.807, 2.05) is 43.4 Å². The predicted octanol–water partition coefficient (Wildman–Crippen LogP) is 5.03. The Morgan fingerprint density at radius 2 is 1.84 bits per heavy atom. The van der Waals surface area contributed by atoms with Gasteiger partial charge in [-0.25, -0.2) is 4.98 Å². The number of rotatable bonds is 3. The van der Waals surface area contributed by atoms with Gasteiger partial charge in [-0.2, -0.15) is 0 Å². The number of thiophene rings is 1. The molecule has 0 N–H and O–H groups in total. The number of aryl methyl sites for hydroxylation is 1. The molecule has 0 saturated heterocycles. The first-order chi connectivity index (χ1) is 12.1. The van der Waals surface area contributed by atoms with Gasteiger partial charge in [-0.1, -0.05) is 42.5 Å². The summed E-state index contributed by atoms with van der Waals surface area (Å²) in [6.45, 7) is 2.66. The summed E-state index contributed by atoms with van der Waals surface area (Å²) in [4.78, 5) is 20.9. The fourth-order valence-corrected chi connectivity index (χ4v) is 3.98. The number of hydrogen-bond acceptors (Lipinski definition) is 3. The fraction of sp³-hybridized carbons (Fsp3) is 0.143. The van der Waals surface area contributed by atoms with E-state index >= 15 is 0 Å². The van der Waals surface area contributed by atoms with Crippen molar-refractivity contribution in [3.05, 3.63) is 76.7 Å². The average Bonchev–Trinajstić information content (AvgIpc) is 3.02. The van der Waals surface area contributed by atoms with Crippen LogP contribution < -0.4 is 0 Å². The maximum absolute atomic E-state index is 12.8. The molecule has 0 aliphatic carbocycles. The average molecular weight is 346 g/mol. The lowest BCUT2D eigenvalue weighted by Crippen LogP contribution is -2.25. The monoisotopic (exact) mass is 346 g/mol. The van der Waals surface area contributed by atoms with Crippen molar-refractivity contribution in [2.45, 2.75) is 13.5 Å². The second-order valence-corrected chi connectivity index (χ2v) is 7.37. The minimum atomic E-state index is 0.0343. The van der Waals surface area contributed by atoms with Gasteiger partial charge in [0.15, 0.2) is 0 Å². The number of carbonyl (C=O) groups excluding carboxylic acids is 1. The van der Waals surface area contributed by atoms with Crippen molar-refractivity contribution < 1.29 is 4.79 Å². The molecule has 0 aliphatic rings. The molecule has 2 heterocycles. The zero-order valence-corrected chi connectivity index (χ0v) is 15.0. The summed E-state index contributed by atoms with van der Waals surface area (Å²) in [6.07, 6.45) is 0. The van der Waals surface area contributed by atoms with Crippen molar-refractivity contribution in [3.63, 3.8) is 0 Å². The van der Waals surface area contributed by atoms with E-state index in [-0.39, 0.29) is 5.91 Å². The summed E-state index contributed by atoms with van der Waals surface area (Å²) in [6, 6.07) is 20.3. The maximum Gasteiger partial charge on any atom is 0.264 e. The number of fused-ring (bicyclic) bond motifs is 2. The van der Waals surface area contributed by atoms with Crippen LogP contribution in [-0.2, 0) is 6.54 Å². The summed E-state index contributed by atoms with van der Waals surface area (Å²) in [5.74, 6) is 0.0343. The molecule has 0 spiro atoms. The van der Waals surface area contributed by atoms with Crippen LogP contribution in [0.4, 0.5) is 0 Å². The molecule has 4 rings (SSSR count). The van der Waals surface area contributed by atoms with Crippen molar-refractivity contribution in [1.29, 1.82) is 0 Å². The first kappa shape index (κ1) is 15.8. The molecule has 0 atom stereocenters. The largest absolute Gasteiger partial charge is 0.337 e. The van der Waals surface area contributed by atoms with Crippen molar-refractivity contribution in [3.8, 4) is 0 Å². The Kier molecular flexibility index (Phi) is 3.98. The van der Waals surface area contributed by atoms with E-state index in [9.17, 15) is 4.79 Å². The van der Waals surface area contributed by atoms with Gasteiger partial charge in [-0.15, -0.1) is 11.3 Å². The molecule has 124 valence electrons. The highest BCUT2D eigenvalue weighted by Gasteiger charge is 2.16. The lowest BCUT2D eigenvalue weighted by molar-refractivity contribution is 0.0790. The van der Waals surface area contributed by atoms with E-state index in [4.69, 9.17) is 4.98 Å². The van der Waals surface area contributed by atoms with Gasteiger partial charge in [0.2, 0.25) is 0 Å². The Bertz CT molecular complexity index is 1070. The summed E-state index contributed by atoms with van der Waals surface area (Å²) < 4.78 is 0.